The zero-order chi connectivity index (χ0) is 12.7. The molecule has 3 nitrogen and oxygen atoms in total. The molecule has 2 atom stereocenters. The van der Waals surface area contributed by atoms with Gasteiger partial charge in [-0.15, -0.1) is 0 Å². The molecule has 1 saturated carbocycles. The number of benzene rings is 1. The lowest BCUT2D eigenvalue weighted by Gasteiger charge is -2.16. The Morgan fingerprint density at radius 1 is 1.06 bits per heavy atom. The Hall–Kier alpha value is -1.64. The fourth-order valence-electron chi connectivity index (χ4n) is 2.86. The first-order chi connectivity index (χ1) is 8.66. The van der Waals surface area contributed by atoms with Gasteiger partial charge >= 0.3 is 5.97 Å². The molecule has 1 aromatic rings. The third kappa shape index (κ3) is 1.94. The first kappa shape index (κ1) is 11.5. The van der Waals surface area contributed by atoms with Crippen LogP contribution in [0.5, 0.6) is 0 Å². The van der Waals surface area contributed by atoms with Crippen molar-refractivity contribution in [3.8, 4) is 0 Å². The van der Waals surface area contributed by atoms with Crippen molar-refractivity contribution < 1.29 is 14.7 Å². The van der Waals surface area contributed by atoms with Crippen LogP contribution in [0.25, 0.3) is 0 Å². The van der Waals surface area contributed by atoms with Gasteiger partial charge in [0.2, 0.25) is 0 Å². The van der Waals surface area contributed by atoms with Gasteiger partial charge in [0.05, 0.1) is 5.92 Å². The third-order valence-electron chi connectivity index (χ3n) is 4.08. The molecule has 18 heavy (non-hydrogen) atoms. The number of carbonyl (C=O) groups excluding carboxylic acids is 1. The molecule has 2 aliphatic carbocycles. The highest BCUT2D eigenvalue weighted by atomic mass is 16.4. The summed E-state index contributed by atoms with van der Waals surface area (Å²) in [6, 6.07) is 5.89. The highest BCUT2D eigenvalue weighted by Crippen LogP contribution is 2.41. The Labute approximate surface area is 106 Å². The first-order valence-corrected chi connectivity index (χ1v) is 6.55. The largest absolute Gasteiger partial charge is 0.481 e. The number of fused-ring (bicyclic) bond motifs is 1. The molecular weight excluding hydrogens is 228 g/mol. The molecule has 94 valence electrons. The van der Waals surface area contributed by atoms with E-state index in [1.54, 1.807) is 0 Å². The predicted molar refractivity (Wildman–Crippen MR) is 66.6 cm³/mol. The molecule has 0 aliphatic heterocycles. The van der Waals surface area contributed by atoms with Crippen LogP contribution < -0.4 is 0 Å². The van der Waals surface area contributed by atoms with E-state index in [1.807, 2.05) is 18.2 Å². The Bertz CT molecular complexity index is 518. The SMILES string of the molecule is O=C(O)C1CC1C(=O)c1ccc2c(c1)CCCC2. The predicted octanol–water partition coefficient (Wildman–Crippen LogP) is 2.47. The van der Waals surface area contributed by atoms with Gasteiger partial charge < -0.3 is 5.11 Å². The molecule has 0 saturated heterocycles. The lowest BCUT2D eigenvalue weighted by Crippen LogP contribution is -2.10. The summed E-state index contributed by atoms with van der Waals surface area (Å²) in [5, 5.41) is 8.86. The number of carboxylic acid groups (broad SMARTS) is 1. The van der Waals surface area contributed by atoms with Crippen LogP contribution in [0, 0.1) is 11.8 Å². The molecule has 3 heteroatoms. The van der Waals surface area contributed by atoms with E-state index in [-0.39, 0.29) is 11.7 Å². The maximum atomic E-state index is 12.1. The van der Waals surface area contributed by atoms with Crippen molar-refractivity contribution in [1.82, 2.24) is 0 Å². The maximum absolute atomic E-state index is 12.1. The number of hydrogen-bond donors (Lipinski definition) is 1. The van der Waals surface area contributed by atoms with Crippen LogP contribution in [-0.4, -0.2) is 16.9 Å². The molecule has 1 aromatic carbocycles. The smallest absolute Gasteiger partial charge is 0.307 e. The lowest BCUT2D eigenvalue weighted by atomic mass is 9.89. The van der Waals surface area contributed by atoms with E-state index in [1.165, 1.54) is 24.0 Å². The van der Waals surface area contributed by atoms with Crippen LogP contribution in [0.3, 0.4) is 0 Å². The van der Waals surface area contributed by atoms with Crippen LogP contribution >= 0.6 is 0 Å². The van der Waals surface area contributed by atoms with Crippen molar-refractivity contribution in [2.24, 2.45) is 11.8 Å². The molecule has 0 bridgehead atoms. The molecular formula is C15H16O3. The maximum Gasteiger partial charge on any atom is 0.307 e. The minimum absolute atomic E-state index is 0.00998. The fraction of sp³-hybridized carbons (Fsp3) is 0.467. The number of aliphatic carboxylic acids is 1. The zero-order valence-electron chi connectivity index (χ0n) is 10.2. The van der Waals surface area contributed by atoms with E-state index in [0.717, 1.165) is 12.8 Å². The number of rotatable bonds is 3. The van der Waals surface area contributed by atoms with Gasteiger partial charge in [-0.1, -0.05) is 12.1 Å². The summed E-state index contributed by atoms with van der Waals surface area (Å²) in [6.07, 6.45) is 5.07. The number of carbonyl (C=O) groups is 2. The molecule has 0 radical (unpaired) electrons. The summed E-state index contributed by atoms with van der Waals surface area (Å²) in [7, 11) is 0. The third-order valence-corrected chi connectivity index (χ3v) is 4.08. The van der Waals surface area contributed by atoms with Crippen molar-refractivity contribution >= 4 is 11.8 Å². The van der Waals surface area contributed by atoms with E-state index in [4.69, 9.17) is 5.11 Å². The average Bonchev–Trinajstić information content (AvgIpc) is 3.17. The molecule has 1 fully saturated rings. The summed E-state index contributed by atoms with van der Waals surface area (Å²) in [5.74, 6) is -1.57. The summed E-state index contributed by atoms with van der Waals surface area (Å²) >= 11 is 0. The highest BCUT2D eigenvalue weighted by Gasteiger charge is 2.48. The number of ketones is 1. The van der Waals surface area contributed by atoms with Crippen LogP contribution in [0.4, 0.5) is 0 Å². The van der Waals surface area contributed by atoms with Crippen molar-refractivity contribution in [3.05, 3.63) is 34.9 Å². The van der Waals surface area contributed by atoms with Gasteiger partial charge in [-0.2, -0.15) is 0 Å². The van der Waals surface area contributed by atoms with Gasteiger partial charge in [0.25, 0.3) is 0 Å². The van der Waals surface area contributed by atoms with Crippen molar-refractivity contribution in [3.63, 3.8) is 0 Å². The topological polar surface area (TPSA) is 54.4 Å². The lowest BCUT2D eigenvalue weighted by molar-refractivity contribution is -0.138. The van der Waals surface area contributed by atoms with Crippen LogP contribution in [-0.2, 0) is 17.6 Å². The van der Waals surface area contributed by atoms with E-state index in [9.17, 15) is 9.59 Å². The first-order valence-electron chi connectivity index (χ1n) is 6.55. The molecule has 0 amide bonds. The van der Waals surface area contributed by atoms with Gasteiger partial charge in [-0.25, -0.2) is 0 Å². The Balaban J connectivity index is 1.81. The van der Waals surface area contributed by atoms with Crippen molar-refractivity contribution in [1.29, 1.82) is 0 Å². The normalized spacial score (nSPS) is 25.3. The Kier molecular flexibility index (Phi) is 2.69. The van der Waals surface area contributed by atoms with Crippen LogP contribution in [0.1, 0.15) is 40.7 Å². The minimum Gasteiger partial charge on any atom is -0.481 e. The molecule has 3 rings (SSSR count). The van der Waals surface area contributed by atoms with Crippen molar-refractivity contribution in [2.75, 3.05) is 0 Å². The minimum atomic E-state index is -0.841. The van der Waals surface area contributed by atoms with Crippen LogP contribution in [0.15, 0.2) is 18.2 Å². The Morgan fingerprint density at radius 3 is 2.44 bits per heavy atom. The second-order valence-electron chi connectivity index (χ2n) is 5.34. The van der Waals surface area contributed by atoms with E-state index < -0.39 is 11.9 Å². The van der Waals surface area contributed by atoms with Gasteiger partial charge in [0.15, 0.2) is 5.78 Å². The number of hydrogen-bond acceptors (Lipinski definition) is 2. The van der Waals surface area contributed by atoms with Gasteiger partial charge in [0.1, 0.15) is 0 Å². The monoisotopic (exact) mass is 244 g/mol. The summed E-state index contributed by atoms with van der Waals surface area (Å²) < 4.78 is 0. The zero-order valence-corrected chi connectivity index (χ0v) is 10.2. The molecule has 0 heterocycles. The quantitative estimate of drug-likeness (QED) is 0.831. The molecule has 2 aliphatic rings. The second kappa shape index (κ2) is 4.23. The van der Waals surface area contributed by atoms with E-state index >= 15 is 0 Å². The average molecular weight is 244 g/mol. The van der Waals surface area contributed by atoms with E-state index in [0.29, 0.717) is 12.0 Å². The van der Waals surface area contributed by atoms with E-state index in [2.05, 4.69) is 0 Å². The summed E-state index contributed by atoms with van der Waals surface area (Å²) in [6.45, 7) is 0. The molecule has 1 N–H and O–H groups in total. The number of carboxylic acids is 1. The van der Waals surface area contributed by atoms with Crippen LogP contribution in [0.2, 0.25) is 0 Å². The fourth-order valence-corrected chi connectivity index (χ4v) is 2.86. The second-order valence-corrected chi connectivity index (χ2v) is 5.34. The highest BCUT2D eigenvalue weighted by molar-refractivity contribution is 6.02. The van der Waals surface area contributed by atoms with Gasteiger partial charge in [-0.05, 0) is 49.3 Å². The summed E-state index contributed by atoms with van der Waals surface area (Å²) in [5.41, 5.74) is 3.33. The van der Waals surface area contributed by atoms with Gasteiger partial charge in [-0.3, -0.25) is 9.59 Å². The Morgan fingerprint density at radius 2 is 1.78 bits per heavy atom. The molecule has 0 spiro atoms. The number of Topliss-reactive ketones (excluding diaryl/α,β-unsaturated/α-hetero) is 1. The standard InChI is InChI=1S/C15H16O3/c16-14(12-8-13(12)15(17)18)11-6-5-9-3-1-2-4-10(9)7-11/h5-7,12-13H,1-4,8H2,(H,17,18). The van der Waals surface area contributed by atoms with Gasteiger partial charge in [0, 0.05) is 11.5 Å². The molecule has 0 aromatic heterocycles. The molecule has 2 unspecified atom stereocenters. The summed E-state index contributed by atoms with van der Waals surface area (Å²) in [4.78, 5) is 22.9. The number of aryl methyl sites for hydroxylation is 2. The van der Waals surface area contributed by atoms with Crippen molar-refractivity contribution in [2.45, 2.75) is 32.1 Å².